The zero-order valence-corrected chi connectivity index (χ0v) is 12.1. The number of hydrogen-bond acceptors (Lipinski definition) is 3. The quantitative estimate of drug-likeness (QED) is 0.918. The van der Waals surface area contributed by atoms with E-state index in [9.17, 15) is 9.18 Å². The van der Waals surface area contributed by atoms with Gasteiger partial charge in [0.25, 0.3) is 0 Å². The van der Waals surface area contributed by atoms with Gasteiger partial charge in [-0.25, -0.2) is 4.39 Å². The molecule has 1 fully saturated rings. The summed E-state index contributed by atoms with van der Waals surface area (Å²) in [5, 5.41) is 9.11. The standard InChI is InChI=1S/C13H15BrFNO3/c1-16(12-7-19-6-11(12)13(17)18)5-8-2-9(14)4-10(15)3-8/h2-4,11-12H,5-7H2,1H3,(H,17,18). The van der Waals surface area contributed by atoms with Gasteiger partial charge >= 0.3 is 5.97 Å². The van der Waals surface area contributed by atoms with Gasteiger partial charge in [0, 0.05) is 17.1 Å². The summed E-state index contributed by atoms with van der Waals surface area (Å²) >= 11 is 3.24. The zero-order chi connectivity index (χ0) is 14.0. The number of rotatable bonds is 4. The summed E-state index contributed by atoms with van der Waals surface area (Å²) in [6.45, 7) is 1.11. The van der Waals surface area contributed by atoms with E-state index in [2.05, 4.69) is 15.9 Å². The molecule has 1 aromatic rings. The van der Waals surface area contributed by atoms with Crippen LogP contribution in [0.1, 0.15) is 5.56 Å². The Morgan fingerprint density at radius 1 is 1.53 bits per heavy atom. The molecule has 1 N–H and O–H groups in total. The van der Waals surface area contributed by atoms with Gasteiger partial charge in [-0.2, -0.15) is 0 Å². The molecule has 1 saturated heterocycles. The Bertz CT molecular complexity index is 463. The van der Waals surface area contributed by atoms with Crippen LogP contribution in [0, 0.1) is 11.7 Å². The van der Waals surface area contributed by atoms with E-state index in [0.717, 1.165) is 5.56 Å². The second-order valence-corrected chi connectivity index (χ2v) is 5.66. The Balaban J connectivity index is 2.08. The second kappa shape index (κ2) is 5.98. The van der Waals surface area contributed by atoms with Gasteiger partial charge in [0.1, 0.15) is 5.82 Å². The van der Waals surface area contributed by atoms with E-state index in [-0.39, 0.29) is 18.5 Å². The van der Waals surface area contributed by atoms with Crippen molar-refractivity contribution in [1.82, 2.24) is 4.90 Å². The number of ether oxygens (including phenoxy) is 1. The highest BCUT2D eigenvalue weighted by atomic mass is 79.9. The Hall–Kier alpha value is -0.980. The summed E-state index contributed by atoms with van der Waals surface area (Å²) in [5.74, 6) is -1.69. The molecule has 1 aromatic carbocycles. The van der Waals surface area contributed by atoms with Crippen LogP contribution in [-0.4, -0.2) is 42.3 Å². The fourth-order valence-electron chi connectivity index (χ4n) is 2.32. The van der Waals surface area contributed by atoms with Crippen LogP contribution in [0.4, 0.5) is 4.39 Å². The largest absolute Gasteiger partial charge is 0.481 e. The van der Waals surface area contributed by atoms with E-state index in [0.29, 0.717) is 17.6 Å². The maximum atomic E-state index is 13.3. The van der Waals surface area contributed by atoms with Crippen LogP contribution in [0.15, 0.2) is 22.7 Å². The van der Waals surface area contributed by atoms with Gasteiger partial charge in [0.2, 0.25) is 0 Å². The van der Waals surface area contributed by atoms with E-state index in [1.54, 1.807) is 0 Å². The molecular weight excluding hydrogens is 317 g/mol. The molecular formula is C13H15BrFNO3. The number of carboxylic acids is 1. The van der Waals surface area contributed by atoms with Crippen LogP contribution >= 0.6 is 15.9 Å². The van der Waals surface area contributed by atoms with E-state index in [1.165, 1.54) is 12.1 Å². The third kappa shape index (κ3) is 3.52. The molecule has 19 heavy (non-hydrogen) atoms. The molecule has 2 unspecified atom stereocenters. The van der Waals surface area contributed by atoms with Crippen molar-refractivity contribution in [2.45, 2.75) is 12.6 Å². The van der Waals surface area contributed by atoms with Gasteiger partial charge in [-0.05, 0) is 30.8 Å². The number of halogens is 2. The topological polar surface area (TPSA) is 49.8 Å². The van der Waals surface area contributed by atoms with Crippen molar-refractivity contribution in [3.8, 4) is 0 Å². The van der Waals surface area contributed by atoms with Gasteiger partial charge in [0.05, 0.1) is 19.1 Å². The highest BCUT2D eigenvalue weighted by molar-refractivity contribution is 9.10. The Labute approximate surface area is 119 Å². The molecule has 6 heteroatoms. The van der Waals surface area contributed by atoms with Crippen LogP contribution in [0.3, 0.4) is 0 Å². The Morgan fingerprint density at radius 2 is 2.26 bits per heavy atom. The fourth-order valence-corrected chi connectivity index (χ4v) is 2.83. The van der Waals surface area contributed by atoms with E-state index in [1.807, 2.05) is 18.0 Å². The highest BCUT2D eigenvalue weighted by Crippen LogP contribution is 2.22. The van der Waals surface area contributed by atoms with Crippen molar-refractivity contribution in [3.63, 3.8) is 0 Å². The molecule has 0 radical (unpaired) electrons. The molecule has 0 saturated carbocycles. The summed E-state index contributed by atoms with van der Waals surface area (Å²) < 4.78 is 19.2. The monoisotopic (exact) mass is 331 g/mol. The molecule has 2 atom stereocenters. The maximum absolute atomic E-state index is 13.3. The Morgan fingerprint density at radius 3 is 2.89 bits per heavy atom. The SMILES string of the molecule is CN(Cc1cc(F)cc(Br)c1)C1COCC1C(=O)O. The lowest BCUT2D eigenvalue weighted by Gasteiger charge is -2.26. The van der Waals surface area contributed by atoms with Crippen molar-refractivity contribution in [1.29, 1.82) is 0 Å². The number of hydrogen-bond donors (Lipinski definition) is 1. The number of carboxylic acid groups (broad SMARTS) is 1. The first-order valence-corrected chi connectivity index (χ1v) is 6.72. The van der Waals surface area contributed by atoms with Crippen molar-refractivity contribution in [3.05, 3.63) is 34.1 Å². The molecule has 0 aromatic heterocycles. The highest BCUT2D eigenvalue weighted by Gasteiger charge is 2.36. The van der Waals surface area contributed by atoms with Crippen molar-refractivity contribution in [2.75, 3.05) is 20.3 Å². The van der Waals surface area contributed by atoms with Crippen molar-refractivity contribution >= 4 is 21.9 Å². The van der Waals surface area contributed by atoms with Gasteiger partial charge in [-0.3, -0.25) is 9.69 Å². The lowest BCUT2D eigenvalue weighted by Crippen LogP contribution is -2.40. The number of benzene rings is 1. The van der Waals surface area contributed by atoms with Gasteiger partial charge < -0.3 is 9.84 Å². The summed E-state index contributed by atoms with van der Waals surface area (Å²) in [5.41, 5.74) is 0.797. The molecule has 0 amide bonds. The first-order valence-electron chi connectivity index (χ1n) is 5.93. The maximum Gasteiger partial charge on any atom is 0.310 e. The van der Waals surface area contributed by atoms with Gasteiger partial charge in [-0.1, -0.05) is 15.9 Å². The van der Waals surface area contributed by atoms with E-state index in [4.69, 9.17) is 9.84 Å². The first kappa shape index (κ1) is 14.4. The molecule has 2 rings (SSSR count). The minimum Gasteiger partial charge on any atom is -0.481 e. The molecule has 0 spiro atoms. The van der Waals surface area contributed by atoms with Crippen LogP contribution in [0.2, 0.25) is 0 Å². The zero-order valence-electron chi connectivity index (χ0n) is 10.5. The molecule has 1 aliphatic heterocycles. The Kier molecular flexibility index (Phi) is 4.54. The minimum absolute atomic E-state index is 0.181. The smallest absolute Gasteiger partial charge is 0.310 e. The van der Waals surface area contributed by atoms with Gasteiger partial charge in [0.15, 0.2) is 0 Å². The average Bonchev–Trinajstić information content (AvgIpc) is 2.75. The molecule has 0 bridgehead atoms. The minimum atomic E-state index is -0.852. The lowest BCUT2D eigenvalue weighted by atomic mass is 10.0. The molecule has 1 heterocycles. The lowest BCUT2D eigenvalue weighted by molar-refractivity contribution is -0.143. The van der Waals surface area contributed by atoms with Crippen molar-refractivity contribution < 1.29 is 19.0 Å². The molecule has 4 nitrogen and oxygen atoms in total. The number of aliphatic carboxylic acids is 1. The molecule has 0 aliphatic carbocycles. The summed E-state index contributed by atoms with van der Waals surface area (Å²) in [4.78, 5) is 13.0. The summed E-state index contributed by atoms with van der Waals surface area (Å²) in [6, 6.07) is 4.49. The third-order valence-electron chi connectivity index (χ3n) is 3.29. The second-order valence-electron chi connectivity index (χ2n) is 4.74. The number of nitrogens with zero attached hydrogens (tertiary/aromatic N) is 1. The van der Waals surface area contributed by atoms with Crippen LogP contribution in [0.5, 0.6) is 0 Å². The normalized spacial score (nSPS) is 22.9. The van der Waals surface area contributed by atoms with Crippen molar-refractivity contribution in [2.24, 2.45) is 5.92 Å². The molecule has 1 aliphatic rings. The fraction of sp³-hybridized carbons (Fsp3) is 0.462. The summed E-state index contributed by atoms with van der Waals surface area (Å²) in [6.07, 6.45) is 0. The first-order chi connectivity index (χ1) is 8.97. The predicted molar refractivity (Wildman–Crippen MR) is 71.3 cm³/mol. The predicted octanol–water partition coefficient (Wildman–Crippen LogP) is 2.12. The average molecular weight is 332 g/mol. The van der Waals surface area contributed by atoms with Crippen LogP contribution in [-0.2, 0) is 16.1 Å². The van der Waals surface area contributed by atoms with E-state index >= 15 is 0 Å². The van der Waals surface area contributed by atoms with E-state index < -0.39 is 11.9 Å². The number of carbonyl (C=O) groups is 1. The van der Waals surface area contributed by atoms with Crippen LogP contribution in [0.25, 0.3) is 0 Å². The molecule has 104 valence electrons. The number of likely N-dealkylation sites (N-methyl/N-ethyl adjacent to an activating group) is 1. The van der Waals surface area contributed by atoms with Gasteiger partial charge in [-0.15, -0.1) is 0 Å². The third-order valence-corrected chi connectivity index (χ3v) is 3.75. The van der Waals surface area contributed by atoms with Crippen LogP contribution < -0.4 is 0 Å². The summed E-state index contributed by atoms with van der Waals surface area (Å²) in [7, 11) is 1.83.